The number of aliphatic hydroxyl groups excluding tert-OH is 2. The topological polar surface area (TPSA) is 599 Å². The molecule has 37 nitrogen and oxygen atoms in total. The van der Waals surface area contributed by atoms with Crippen LogP contribution in [-0.4, -0.2) is 228 Å². The fourth-order valence-corrected chi connectivity index (χ4v) is 18.5. The first kappa shape index (κ1) is 110. The third-order valence-corrected chi connectivity index (χ3v) is 26.8. The number of fused-ring (bicyclic) bond motifs is 5. The van der Waals surface area contributed by atoms with E-state index in [1.54, 1.807) is 92.2 Å². The molecule has 5 heterocycles. The molecule has 2 unspecified atom stereocenters. The number of hydrogen-bond donors (Lipinski definition) is 22. The highest BCUT2D eigenvalue weighted by molar-refractivity contribution is 6.02. The smallest absolute Gasteiger partial charge is 0.246 e. The van der Waals surface area contributed by atoms with Gasteiger partial charge in [0.15, 0.2) is 0 Å². The summed E-state index contributed by atoms with van der Waals surface area (Å²) in [5.74, 6) is -10.4. The molecule has 9 aromatic carbocycles. The second-order valence-corrected chi connectivity index (χ2v) is 37.8. The van der Waals surface area contributed by atoms with E-state index in [0.717, 1.165) is 60.5 Å². The third kappa shape index (κ3) is 30.7. The Morgan fingerprint density at radius 3 is 1.25 bits per heavy atom. The molecule has 1 saturated heterocycles. The van der Waals surface area contributed by atoms with Crippen molar-refractivity contribution in [3.05, 3.63) is 317 Å². The van der Waals surface area contributed by atoms with Crippen molar-refractivity contribution >= 4 is 115 Å². The summed E-state index contributed by atoms with van der Waals surface area (Å²) in [4.78, 5) is 212. The van der Waals surface area contributed by atoms with E-state index < -0.39 is 179 Å². The van der Waals surface area contributed by atoms with Crippen LogP contribution in [0, 0.1) is 0 Å². The van der Waals surface area contributed by atoms with E-state index in [1.807, 2.05) is 164 Å². The van der Waals surface area contributed by atoms with Gasteiger partial charge in [-0.2, -0.15) is 0 Å². The van der Waals surface area contributed by atoms with Crippen molar-refractivity contribution in [2.75, 3.05) is 13.1 Å². The summed E-state index contributed by atoms with van der Waals surface area (Å²) in [5.41, 5.74) is 33.0. The van der Waals surface area contributed by atoms with E-state index in [-0.39, 0.29) is 95.9 Å². The first-order chi connectivity index (χ1) is 71.9. The lowest BCUT2D eigenvalue weighted by Crippen LogP contribution is -2.63. The van der Waals surface area contributed by atoms with Gasteiger partial charge in [-0.05, 0) is 164 Å². The number of nitrogens with two attached hydrogens (primary N) is 4. The van der Waals surface area contributed by atoms with Gasteiger partial charge in [-0.3, -0.25) is 67.1 Å². The van der Waals surface area contributed by atoms with Crippen LogP contribution >= 0.6 is 0 Å². The van der Waals surface area contributed by atoms with Gasteiger partial charge in [0.25, 0.3) is 0 Å². The lowest BCUT2D eigenvalue weighted by molar-refractivity contribution is -0.145. The highest BCUT2D eigenvalue weighted by Gasteiger charge is 2.44. The van der Waals surface area contributed by atoms with Gasteiger partial charge < -0.3 is 122 Å². The number of rotatable bonds is 42. The van der Waals surface area contributed by atoms with Crippen LogP contribution in [-0.2, 0) is 131 Å². The average Bonchev–Trinajstić information content (AvgIpc) is 1.64. The summed E-state index contributed by atoms with van der Waals surface area (Å²) >= 11 is 0. The summed E-state index contributed by atoms with van der Waals surface area (Å²) in [6.07, 6.45) is 4.38. The van der Waals surface area contributed by atoms with Crippen LogP contribution in [0.1, 0.15) is 121 Å². The molecular formula is C112H132N20O17. The lowest BCUT2D eigenvalue weighted by atomic mass is 9.91. The van der Waals surface area contributed by atoms with Crippen molar-refractivity contribution in [3.8, 4) is 5.75 Å². The van der Waals surface area contributed by atoms with Gasteiger partial charge in [-0.1, -0.05) is 219 Å². The summed E-state index contributed by atoms with van der Waals surface area (Å²) in [5, 5.41) is 67.1. The van der Waals surface area contributed by atoms with E-state index in [1.165, 1.54) is 30.9 Å². The summed E-state index contributed by atoms with van der Waals surface area (Å²) in [7, 11) is 0. The molecular weight excluding hydrogens is 1900 g/mol. The van der Waals surface area contributed by atoms with Crippen molar-refractivity contribution in [3.63, 3.8) is 0 Å². The number of aromatic amines is 3. The van der Waals surface area contributed by atoms with Crippen molar-refractivity contribution in [2.45, 2.75) is 227 Å². The second kappa shape index (κ2) is 53.7. The largest absolute Gasteiger partial charge is 0.508 e. The van der Waals surface area contributed by atoms with E-state index in [0.29, 0.717) is 60.0 Å². The van der Waals surface area contributed by atoms with Gasteiger partial charge in [0.2, 0.25) is 82.7 Å². The zero-order chi connectivity index (χ0) is 106. The molecule has 0 radical (unpaired) electrons. The standard InChI is InChI=1S/C63H76N12O10.C49H56N8O7/c1-37(76)54(56(66)78)74-62(84)51(32-41-22-10-5-11-23-41)73-63(85)55(38(2)77)75-58(80)49(28-16-17-29-64)69-60(82)52(33-42-35-67-47-26-14-12-24-44(42)47)72-61(83)53(34-43-36-68-48-27-15-13-25-45(43)48)71-59(81)50(31-40-20-8-4-9-21-40)70-57(79)46(65)30-39-18-6-3-7-19-39;1-2-37-44(59)56-42(25-30-12-4-3-5-13-30)49(64)57-29-33-15-7-6-14-32(33)27-43(57)48(63)55-40(24-31-19-21-35(58)22-20-31)46(61)54-41(26-34-28-51-38-17-9-8-16-36(34)38)47(62)53-39(45(60)52-37)18-10-11-23-50/h3-15,18-27,35-38,46,49-55,67-68,76-77H,16-17,28-34,64-65H2,1-2H3,(H2,66,78)(H,69,82)(H,70,79)(H,71,81)(H,72,83)(H,73,85)(H,74,84)(H,75,80);3-9,12-17,19-22,28,37,39-43,51,58H,2,10-11,18,23-27,29,50H2,1H3,(H,52,60)(H,53,62)(H,54,61)(H,55,63)(H,56,59)/t37-,38-,46-,49+,50+,51+,52-,53+,54+,55+;37?,39-,40-,41+,42-,43?/m10/s1. The number of benzene rings is 9. The minimum absolute atomic E-state index is 0.0138. The Hall–Kier alpha value is -16.2. The SMILES string of the molecule is CCC1NC(=O)[C@H](CCCCN)NC(=O)[C@@H](Cc2c[nH]c3ccccc23)NC(=O)[C@H](Cc2ccc(O)cc2)NC(=O)C2Cc3ccccc3CN2C(=O)[C@H](Cc2ccccc2)NC1=O.C[C@@H](O)[C@H](NC(=O)[C@H](Cc1ccccc1)NC(=O)[C@@H](NC(=O)[C@H](CCCCN)NC(=O)[C@@H](Cc1c[nH]c2ccccc12)NC(=O)[C@H](Cc1c[nH]c2ccccc12)NC(=O)[C@H](Cc1ccccc1)NC(=O)[C@H](N)Cc1ccccc1)[C@@H](C)O)C(N)=O. The quantitative estimate of drug-likeness (QED) is 0.0240. The molecule has 0 aliphatic carbocycles. The fraction of sp³-hybridized carbons (Fsp3) is 0.339. The molecule has 26 N–H and O–H groups in total. The number of unbranched alkanes of at least 4 members (excludes halogenated alkanes) is 2. The van der Waals surface area contributed by atoms with E-state index in [4.69, 9.17) is 22.9 Å². The molecule has 0 spiro atoms. The predicted octanol–water partition coefficient (Wildman–Crippen LogP) is 4.09. The maximum atomic E-state index is 15.2. The summed E-state index contributed by atoms with van der Waals surface area (Å²) < 4.78 is 0. The lowest BCUT2D eigenvalue weighted by Gasteiger charge is -2.39. The first-order valence-electron chi connectivity index (χ1n) is 50.3. The predicted molar refractivity (Wildman–Crippen MR) is 563 cm³/mol. The number of nitrogens with one attached hydrogen (secondary N) is 15. The number of amides is 14. The molecule has 2 aliphatic rings. The molecule has 1 fully saturated rings. The molecule has 12 aromatic rings. The van der Waals surface area contributed by atoms with Crippen molar-refractivity contribution in [1.29, 1.82) is 0 Å². The molecule has 37 heteroatoms. The number of carbonyl (C=O) groups excluding carboxylic acids is 14. The number of para-hydroxylation sites is 3. The number of nitrogens with zero attached hydrogens (tertiary/aromatic N) is 1. The first-order valence-corrected chi connectivity index (χ1v) is 50.3. The summed E-state index contributed by atoms with van der Waals surface area (Å²) in [6.45, 7) is 4.87. The van der Waals surface area contributed by atoms with Crippen LogP contribution in [0.5, 0.6) is 5.75 Å². The molecule has 0 bridgehead atoms. The van der Waals surface area contributed by atoms with Crippen LogP contribution in [0.3, 0.4) is 0 Å². The average molecular weight is 2030 g/mol. The van der Waals surface area contributed by atoms with Gasteiger partial charge >= 0.3 is 0 Å². The molecule has 0 saturated carbocycles. The van der Waals surface area contributed by atoms with Gasteiger partial charge in [0, 0.05) is 109 Å². The van der Waals surface area contributed by atoms with Crippen molar-refractivity contribution in [1.82, 2.24) is 83.7 Å². The number of phenols is 1. The molecule has 149 heavy (non-hydrogen) atoms. The van der Waals surface area contributed by atoms with Gasteiger partial charge in [-0.15, -0.1) is 0 Å². The molecule has 16 atom stereocenters. The molecule has 3 aromatic heterocycles. The Morgan fingerprint density at radius 2 is 0.738 bits per heavy atom. The zero-order valence-corrected chi connectivity index (χ0v) is 83.3. The Balaban J connectivity index is 0.000000258. The van der Waals surface area contributed by atoms with Gasteiger partial charge in [0.05, 0.1) is 18.2 Å². The number of aromatic nitrogens is 3. The highest BCUT2D eigenvalue weighted by atomic mass is 16.3. The molecule has 14 amide bonds. The Bertz CT molecular complexity index is 6610. The second-order valence-electron chi connectivity index (χ2n) is 37.8. The molecule has 782 valence electrons. The van der Waals surface area contributed by atoms with E-state index >= 15 is 14.4 Å². The number of H-pyrrole nitrogens is 3. The van der Waals surface area contributed by atoms with E-state index in [2.05, 4.69) is 78.8 Å². The monoisotopic (exact) mass is 2030 g/mol. The number of primary amides is 1. The maximum absolute atomic E-state index is 15.2. The number of carbonyl (C=O) groups is 14. The van der Waals surface area contributed by atoms with Crippen LogP contribution < -0.4 is 86.7 Å². The van der Waals surface area contributed by atoms with Crippen LogP contribution in [0.4, 0.5) is 0 Å². The number of phenolic OH excluding ortho intramolecular Hbond substituents is 1. The zero-order valence-electron chi connectivity index (χ0n) is 83.3. The summed E-state index contributed by atoms with van der Waals surface area (Å²) in [6, 6.07) is 53.8. The number of aliphatic hydroxyl groups is 2. The number of hydrogen-bond acceptors (Lipinski definition) is 20. The van der Waals surface area contributed by atoms with Crippen molar-refractivity contribution in [2.24, 2.45) is 22.9 Å². The highest BCUT2D eigenvalue weighted by Crippen LogP contribution is 2.29. The fourth-order valence-electron chi connectivity index (χ4n) is 18.5. The van der Waals surface area contributed by atoms with Crippen LogP contribution in [0.15, 0.2) is 261 Å². The molecule has 14 rings (SSSR count). The Labute approximate surface area is 862 Å². The van der Waals surface area contributed by atoms with E-state index in [9.17, 15) is 68.1 Å². The Kier molecular flexibility index (Phi) is 39.7. The molecule has 2 aliphatic heterocycles. The minimum Gasteiger partial charge on any atom is -0.508 e. The van der Waals surface area contributed by atoms with Crippen LogP contribution in [0.2, 0.25) is 0 Å². The normalized spacial score (nSPS) is 18.1. The number of aromatic hydroxyl groups is 1. The van der Waals surface area contributed by atoms with Gasteiger partial charge in [0.1, 0.15) is 84.3 Å². The Morgan fingerprint density at radius 1 is 0.369 bits per heavy atom. The maximum Gasteiger partial charge on any atom is 0.246 e. The van der Waals surface area contributed by atoms with Crippen LogP contribution in [0.25, 0.3) is 32.7 Å². The third-order valence-electron chi connectivity index (χ3n) is 26.8. The minimum atomic E-state index is -1.72. The van der Waals surface area contributed by atoms with Gasteiger partial charge in [-0.25, -0.2) is 0 Å². The van der Waals surface area contributed by atoms with Crippen molar-refractivity contribution < 1.29 is 82.4 Å².